The van der Waals surface area contributed by atoms with E-state index in [0.29, 0.717) is 5.92 Å². The Morgan fingerprint density at radius 1 is 1.24 bits per heavy atom. The first-order chi connectivity index (χ1) is 10.1. The molecule has 21 heavy (non-hydrogen) atoms. The van der Waals surface area contributed by atoms with Crippen LogP contribution in [0.15, 0.2) is 30.3 Å². The molecule has 2 unspecified atom stereocenters. The van der Waals surface area contributed by atoms with Crippen LogP contribution in [0.2, 0.25) is 0 Å². The molecular formula is C17H29N3O. The predicted octanol–water partition coefficient (Wildman–Crippen LogP) is 1.97. The van der Waals surface area contributed by atoms with E-state index in [1.807, 2.05) is 18.2 Å². The average Bonchev–Trinajstić information content (AvgIpc) is 2.51. The van der Waals surface area contributed by atoms with Crippen molar-refractivity contribution >= 4 is 5.91 Å². The lowest BCUT2D eigenvalue weighted by molar-refractivity contribution is -0.120. The zero-order valence-electron chi connectivity index (χ0n) is 13.5. The molecule has 1 aromatic rings. The number of nitrogens with zero attached hydrogens (tertiary/aromatic N) is 1. The molecule has 4 nitrogen and oxygen atoms in total. The van der Waals surface area contributed by atoms with Gasteiger partial charge in [-0.3, -0.25) is 4.79 Å². The summed E-state index contributed by atoms with van der Waals surface area (Å²) >= 11 is 0. The van der Waals surface area contributed by atoms with Gasteiger partial charge < -0.3 is 16.0 Å². The number of amides is 1. The van der Waals surface area contributed by atoms with E-state index in [4.69, 9.17) is 5.73 Å². The zero-order chi connectivity index (χ0) is 15.7. The molecule has 0 fully saturated rings. The maximum atomic E-state index is 11.6. The van der Waals surface area contributed by atoms with Gasteiger partial charge in [0.05, 0.1) is 6.04 Å². The van der Waals surface area contributed by atoms with Crippen molar-refractivity contribution in [3.05, 3.63) is 35.9 Å². The maximum Gasteiger partial charge on any atom is 0.234 e. The molecule has 0 saturated carbocycles. The van der Waals surface area contributed by atoms with E-state index in [-0.39, 0.29) is 11.9 Å². The van der Waals surface area contributed by atoms with Crippen LogP contribution in [0.4, 0.5) is 0 Å². The van der Waals surface area contributed by atoms with E-state index >= 15 is 0 Å². The van der Waals surface area contributed by atoms with E-state index in [9.17, 15) is 4.79 Å². The topological polar surface area (TPSA) is 58.4 Å². The Morgan fingerprint density at radius 2 is 1.86 bits per heavy atom. The van der Waals surface area contributed by atoms with Crippen molar-refractivity contribution in [3.8, 4) is 0 Å². The number of carbonyl (C=O) groups is 1. The molecule has 0 aliphatic rings. The van der Waals surface area contributed by atoms with Crippen LogP contribution in [0.3, 0.4) is 0 Å². The molecule has 0 aliphatic carbocycles. The number of nitrogens with two attached hydrogens (primary N) is 1. The molecule has 0 heterocycles. The van der Waals surface area contributed by atoms with Crippen LogP contribution in [0.1, 0.15) is 38.7 Å². The van der Waals surface area contributed by atoms with Crippen LogP contribution >= 0.6 is 0 Å². The largest absolute Gasteiger partial charge is 0.368 e. The summed E-state index contributed by atoms with van der Waals surface area (Å²) in [6, 6.07) is 9.98. The Hall–Kier alpha value is -1.39. The van der Waals surface area contributed by atoms with Gasteiger partial charge in [0, 0.05) is 13.1 Å². The fourth-order valence-corrected chi connectivity index (χ4v) is 2.51. The summed E-state index contributed by atoms with van der Waals surface area (Å²) in [5.41, 5.74) is 6.77. The average molecular weight is 291 g/mol. The normalized spacial score (nSPS) is 14.1. The quantitative estimate of drug-likeness (QED) is 0.693. The van der Waals surface area contributed by atoms with Crippen LogP contribution in [0, 0.1) is 0 Å². The van der Waals surface area contributed by atoms with Gasteiger partial charge in [-0.05, 0) is 31.0 Å². The number of hydrogen-bond donors (Lipinski definition) is 2. The molecule has 1 amide bonds. The van der Waals surface area contributed by atoms with E-state index in [0.717, 1.165) is 32.6 Å². The van der Waals surface area contributed by atoms with Crippen molar-refractivity contribution < 1.29 is 4.79 Å². The molecule has 0 saturated heterocycles. The van der Waals surface area contributed by atoms with Crippen molar-refractivity contribution in [3.63, 3.8) is 0 Å². The molecule has 0 aromatic heterocycles. The first kappa shape index (κ1) is 17.7. The third kappa shape index (κ3) is 6.27. The molecule has 0 radical (unpaired) electrons. The summed E-state index contributed by atoms with van der Waals surface area (Å²) in [7, 11) is 0. The van der Waals surface area contributed by atoms with Gasteiger partial charge in [-0.2, -0.15) is 0 Å². The second-order valence-corrected chi connectivity index (χ2v) is 5.48. The molecule has 2 atom stereocenters. The van der Waals surface area contributed by atoms with Crippen molar-refractivity contribution in [1.82, 2.24) is 10.2 Å². The van der Waals surface area contributed by atoms with Gasteiger partial charge in [-0.25, -0.2) is 0 Å². The summed E-state index contributed by atoms with van der Waals surface area (Å²) in [4.78, 5) is 14.0. The Balaban J connectivity index is 2.48. The van der Waals surface area contributed by atoms with Crippen LogP contribution < -0.4 is 11.1 Å². The highest BCUT2D eigenvalue weighted by Crippen LogP contribution is 2.20. The minimum absolute atomic E-state index is 0.266. The van der Waals surface area contributed by atoms with Crippen molar-refractivity contribution in [2.45, 2.75) is 39.2 Å². The number of carbonyl (C=O) groups excluding carboxylic acids is 1. The lowest BCUT2D eigenvalue weighted by Crippen LogP contribution is -2.45. The highest BCUT2D eigenvalue weighted by molar-refractivity contribution is 5.79. The molecule has 0 spiro atoms. The maximum absolute atomic E-state index is 11.6. The highest BCUT2D eigenvalue weighted by Gasteiger charge is 2.19. The Bertz CT molecular complexity index is 404. The molecule has 1 aromatic carbocycles. The number of likely N-dealkylation sites (N-methyl/N-ethyl adjacent to an activating group) is 1. The number of primary amides is 1. The van der Waals surface area contributed by atoms with Gasteiger partial charge in [-0.1, -0.05) is 51.1 Å². The summed E-state index contributed by atoms with van der Waals surface area (Å²) in [5.74, 6) is 0.0435. The SMILES string of the molecule is CCN(CC)CCNC(CC(C)c1ccccc1)C(N)=O. The van der Waals surface area contributed by atoms with Gasteiger partial charge in [-0.15, -0.1) is 0 Å². The third-order valence-electron chi connectivity index (χ3n) is 4.01. The number of hydrogen-bond acceptors (Lipinski definition) is 3. The minimum atomic E-state index is -0.268. The number of benzene rings is 1. The Kier molecular flexibility index (Phi) is 8.01. The predicted molar refractivity (Wildman–Crippen MR) is 88.2 cm³/mol. The smallest absolute Gasteiger partial charge is 0.234 e. The van der Waals surface area contributed by atoms with Crippen LogP contribution in [0.25, 0.3) is 0 Å². The van der Waals surface area contributed by atoms with E-state index in [1.165, 1.54) is 5.56 Å². The van der Waals surface area contributed by atoms with Gasteiger partial charge in [0.25, 0.3) is 0 Å². The summed E-state index contributed by atoms with van der Waals surface area (Å²) in [6.07, 6.45) is 0.734. The van der Waals surface area contributed by atoms with E-state index < -0.39 is 0 Å². The summed E-state index contributed by atoms with van der Waals surface area (Å²) < 4.78 is 0. The molecule has 0 aliphatic heterocycles. The molecule has 4 heteroatoms. The van der Waals surface area contributed by atoms with Crippen molar-refractivity contribution in [1.29, 1.82) is 0 Å². The minimum Gasteiger partial charge on any atom is -0.368 e. The second kappa shape index (κ2) is 9.53. The lowest BCUT2D eigenvalue weighted by atomic mass is 9.93. The van der Waals surface area contributed by atoms with E-state index in [1.54, 1.807) is 0 Å². The summed E-state index contributed by atoms with van der Waals surface area (Å²) in [6.45, 7) is 10.2. The monoisotopic (exact) mass is 291 g/mol. The molecule has 3 N–H and O–H groups in total. The fourth-order valence-electron chi connectivity index (χ4n) is 2.51. The third-order valence-corrected chi connectivity index (χ3v) is 4.01. The molecule has 118 valence electrons. The Morgan fingerprint density at radius 3 is 2.38 bits per heavy atom. The lowest BCUT2D eigenvalue weighted by Gasteiger charge is -2.23. The molecular weight excluding hydrogens is 262 g/mol. The fraction of sp³-hybridized carbons (Fsp3) is 0.588. The van der Waals surface area contributed by atoms with E-state index in [2.05, 4.69) is 43.1 Å². The van der Waals surface area contributed by atoms with Gasteiger partial charge in [0.2, 0.25) is 5.91 Å². The first-order valence-corrected chi connectivity index (χ1v) is 7.88. The van der Waals surface area contributed by atoms with Crippen LogP contribution in [-0.4, -0.2) is 43.0 Å². The van der Waals surface area contributed by atoms with Gasteiger partial charge in [0.15, 0.2) is 0 Å². The number of rotatable bonds is 10. The molecule has 1 rings (SSSR count). The zero-order valence-corrected chi connectivity index (χ0v) is 13.5. The number of nitrogens with one attached hydrogen (secondary N) is 1. The second-order valence-electron chi connectivity index (χ2n) is 5.48. The highest BCUT2D eigenvalue weighted by atomic mass is 16.1. The van der Waals surface area contributed by atoms with Crippen LogP contribution in [-0.2, 0) is 4.79 Å². The van der Waals surface area contributed by atoms with Crippen LogP contribution in [0.5, 0.6) is 0 Å². The van der Waals surface area contributed by atoms with Gasteiger partial charge >= 0.3 is 0 Å². The first-order valence-electron chi connectivity index (χ1n) is 7.88. The molecule has 0 bridgehead atoms. The standard InChI is InChI=1S/C17H29N3O/c1-4-20(5-2)12-11-19-16(17(18)21)13-14(3)15-9-7-6-8-10-15/h6-10,14,16,19H,4-5,11-13H2,1-3H3,(H2,18,21). The van der Waals surface area contributed by atoms with Crippen molar-refractivity contribution in [2.24, 2.45) is 5.73 Å². The van der Waals surface area contributed by atoms with Gasteiger partial charge in [0.1, 0.15) is 0 Å². The Labute approximate surface area is 128 Å². The summed E-state index contributed by atoms with van der Waals surface area (Å²) in [5, 5.41) is 3.30. The van der Waals surface area contributed by atoms with Crippen molar-refractivity contribution in [2.75, 3.05) is 26.2 Å².